The van der Waals surface area contributed by atoms with Gasteiger partial charge in [0.1, 0.15) is 0 Å². The van der Waals surface area contributed by atoms with Crippen LogP contribution in [0.25, 0.3) is 0 Å². The monoisotopic (exact) mass is 248 g/mol. The first-order valence-corrected chi connectivity index (χ1v) is 7.68. The predicted octanol–water partition coefficient (Wildman–Crippen LogP) is 1.04. The Labute approximate surface area is 99.5 Å². The fourth-order valence-electron chi connectivity index (χ4n) is 1.92. The van der Waals surface area contributed by atoms with E-state index in [0.29, 0.717) is 12.5 Å². The molecule has 1 N–H and O–H groups in total. The van der Waals surface area contributed by atoms with E-state index in [2.05, 4.69) is 19.2 Å². The first kappa shape index (κ1) is 13.9. The molecule has 5 heteroatoms. The van der Waals surface area contributed by atoms with Gasteiger partial charge in [-0.3, -0.25) is 0 Å². The number of hydrogen-bond donors (Lipinski definition) is 1. The van der Waals surface area contributed by atoms with Crippen LogP contribution in [0, 0.1) is 5.92 Å². The van der Waals surface area contributed by atoms with Crippen LogP contribution in [0.5, 0.6) is 0 Å². The van der Waals surface area contributed by atoms with Gasteiger partial charge in [-0.2, -0.15) is 4.31 Å². The first-order valence-electron chi connectivity index (χ1n) is 6.07. The molecule has 2 unspecified atom stereocenters. The molecule has 1 fully saturated rings. The second-order valence-corrected chi connectivity index (χ2v) is 7.13. The van der Waals surface area contributed by atoms with E-state index in [1.54, 1.807) is 4.31 Å². The number of hydrogen-bond acceptors (Lipinski definition) is 3. The van der Waals surface area contributed by atoms with E-state index in [0.717, 1.165) is 13.0 Å². The summed E-state index contributed by atoms with van der Waals surface area (Å²) in [5, 5.41) is 3.29. The highest BCUT2D eigenvalue weighted by molar-refractivity contribution is 7.89. The van der Waals surface area contributed by atoms with Crippen molar-refractivity contribution < 1.29 is 8.42 Å². The van der Waals surface area contributed by atoms with Crippen LogP contribution in [0.3, 0.4) is 0 Å². The summed E-state index contributed by atoms with van der Waals surface area (Å²) in [5.74, 6) is 0.715. The minimum atomic E-state index is -3.07. The summed E-state index contributed by atoms with van der Waals surface area (Å²) < 4.78 is 26.0. The smallest absolute Gasteiger partial charge is 0.214 e. The predicted molar refractivity (Wildman–Crippen MR) is 66.9 cm³/mol. The van der Waals surface area contributed by atoms with Gasteiger partial charge < -0.3 is 5.32 Å². The fraction of sp³-hybridized carbons (Fsp3) is 1.00. The topological polar surface area (TPSA) is 49.4 Å². The Hall–Kier alpha value is -0.130. The third-order valence-electron chi connectivity index (χ3n) is 3.29. The average Bonchev–Trinajstić information content (AvgIpc) is 2.19. The molecule has 0 aromatic carbocycles. The first-order chi connectivity index (χ1) is 7.34. The van der Waals surface area contributed by atoms with E-state index in [9.17, 15) is 8.42 Å². The van der Waals surface area contributed by atoms with Crippen molar-refractivity contribution in [2.45, 2.75) is 46.2 Å². The van der Waals surface area contributed by atoms with Crippen LogP contribution in [0.1, 0.15) is 34.1 Å². The minimum Gasteiger partial charge on any atom is -0.311 e. The summed E-state index contributed by atoms with van der Waals surface area (Å²) in [6.07, 6.45) is 0.743. The highest BCUT2D eigenvalue weighted by Crippen LogP contribution is 2.16. The Morgan fingerprint density at radius 1 is 1.38 bits per heavy atom. The average molecular weight is 248 g/mol. The Morgan fingerprint density at radius 3 is 2.56 bits per heavy atom. The van der Waals surface area contributed by atoms with E-state index < -0.39 is 10.0 Å². The van der Waals surface area contributed by atoms with Crippen LogP contribution < -0.4 is 5.32 Å². The van der Waals surface area contributed by atoms with Crippen LogP contribution in [-0.4, -0.2) is 43.6 Å². The molecular formula is C11H24N2O2S. The summed E-state index contributed by atoms with van der Waals surface area (Å²) in [5.41, 5.74) is 0. The van der Waals surface area contributed by atoms with Crippen LogP contribution in [0.2, 0.25) is 0 Å². The third-order valence-corrected chi connectivity index (χ3v) is 5.27. The minimum absolute atomic E-state index is 0.0610. The number of rotatable bonds is 4. The maximum absolute atomic E-state index is 12.1. The van der Waals surface area contributed by atoms with Crippen molar-refractivity contribution in [2.75, 3.05) is 18.8 Å². The van der Waals surface area contributed by atoms with Crippen molar-refractivity contribution in [3.05, 3.63) is 0 Å². The summed E-state index contributed by atoms with van der Waals surface area (Å²) in [7, 11) is -3.07. The summed E-state index contributed by atoms with van der Waals surface area (Å²) >= 11 is 0. The molecular weight excluding hydrogens is 224 g/mol. The third kappa shape index (κ3) is 3.43. The van der Waals surface area contributed by atoms with Crippen LogP contribution >= 0.6 is 0 Å². The van der Waals surface area contributed by atoms with E-state index >= 15 is 0 Å². The van der Waals surface area contributed by atoms with Gasteiger partial charge in [-0.1, -0.05) is 13.8 Å². The second kappa shape index (κ2) is 5.47. The van der Waals surface area contributed by atoms with Crippen molar-refractivity contribution in [3.63, 3.8) is 0 Å². The van der Waals surface area contributed by atoms with Gasteiger partial charge in [0.2, 0.25) is 10.0 Å². The summed E-state index contributed by atoms with van der Waals surface area (Å²) in [4.78, 5) is 0. The molecule has 0 aromatic rings. The zero-order chi connectivity index (χ0) is 12.3. The molecule has 16 heavy (non-hydrogen) atoms. The largest absolute Gasteiger partial charge is 0.311 e. The maximum atomic E-state index is 12.1. The number of nitrogens with zero attached hydrogens (tertiary/aromatic N) is 1. The lowest BCUT2D eigenvalue weighted by Crippen LogP contribution is -2.57. The molecule has 0 aromatic heterocycles. The highest BCUT2D eigenvalue weighted by atomic mass is 32.2. The normalized spacial score (nSPS) is 28.6. The lowest BCUT2D eigenvalue weighted by atomic mass is 10.1. The second-order valence-electron chi connectivity index (χ2n) is 5.09. The zero-order valence-corrected chi connectivity index (χ0v) is 11.5. The molecule has 4 nitrogen and oxygen atoms in total. The Bertz CT molecular complexity index is 314. The van der Waals surface area contributed by atoms with Crippen LogP contribution in [-0.2, 0) is 10.0 Å². The molecule has 1 saturated heterocycles. The van der Waals surface area contributed by atoms with Gasteiger partial charge in [-0.25, -0.2) is 8.42 Å². The number of sulfonamides is 1. The van der Waals surface area contributed by atoms with Gasteiger partial charge in [0.15, 0.2) is 0 Å². The summed E-state index contributed by atoms with van der Waals surface area (Å²) in [6, 6.07) is 0.300. The molecule has 0 bridgehead atoms. The molecule has 0 radical (unpaired) electrons. The molecule has 1 aliphatic heterocycles. The van der Waals surface area contributed by atoms with Gasteiger partial charge >= 0.3 is 0 Å². The van der Waals surface area contributed by atoms with Gasteiger partial charge in [-0.05, 0) is 26.2 Å². The Kier molecular flexibility index (Phi) is 4.76. The molecule has 0 spiro atoms. The van der Waals surface area contributed by atoms with Gasteiger partial charge in [0.05, 0.1) is 5.75 Å². The van der Waals surface area contributed by atoms with E-state index in [-0.39, 0.29) is 17.8 Å². The van der Waals surface area contributed by atoms with Crippen LogP contribution in [0.15, 0.2) is 0 Å². The standard InChI is InChI=1S/C11H24N2O2S/c1-9(2)5-8-16(14,15)13-7-6-12-10(3)11(13)4/h9-12H,5-8H2,1-4H3. The highest BCUT2D eigenvalue weighted by Gasteiger charge is 2.32. The van der Waals surface area contributed by atoms with Gasteiger partial charge in [-0.15, -0.1) is 0 Å². The fourth-order valence-corrected chi connectivity index (χ4v) is 3.98. The van der Waals surface area contributed by atoms with Crippen molar-refractivity contribution in [2.24, 2.45) is 5.92 Å². The number of nitrogens with one attached hydrogen (secondary N) is 1. The molecule has 0 amide bonds. The molecule has 1 aliphatic rings. The lowest BCUT2D eigenvalue weighted by molar-refractivity contribution is 0.232. The maximum Gasteiger partial charge on any atom is 0.214 e. The SMILES string of the molecule is CC(C)CCS(=O)(=O)N1CCNC(C)C1C. The number of piperazine rings is 1. The molecule has 1 heterocycles. The van der Waals surface area contributed by atoms with Gasteiger partial charge in [0.25, 0.3) is 0 Å². The zero-order valence-electron chi connectivity index (χ0n) is 10.7. The van der Waals surface area contributed by atoms with E-state index in [1.807, 2.05) is 13.8 Å². The quantitative estimate of drug-likeness (QED) is 0.809. The van der Waals surface area contributed by atoms with Crippen molar-refractivity contribution in [1.82, 2.24) is 9.62 Å². The molecule has 0 saturated carbocycles. The van der Waals surface area contributed by atoms with Crippen molar-refractivity contribution in [1.29, 1.82) is 0 Å². The summed E-state index contributed by atoms with van der Waals surface area (Å²) in [6.45, 7) is 9.48. The molecule has 96 valence electrons. The van der Waals surface area contributed by atoms with Crippen LogP contribution in [0.4, 0.5) is 0 Å². The Balaban J connectivity index is 2.67. The molecule has 2 atom stereocenters. The van der Waals surface area contributed by atoms with Crippen molar-refractivity contribution in [3.8, 4) is 0 Å². The van der Waals surface area contributed by atoms with E-state index in [4.69, 9.17) is 0 Å². The lowest BCUT2D eigenvalue weighted by Gasteiger charge is -2.37. The van der Waals surface area contributed by atoms with E-state index in [1.165, 1.54) is 0 Å². The molecule has 0 aliphatic carbocycles. The van der Waals surface area contributed by atoms with Crippen molar-refractivity contribution >= 4 is 10.0 Å². The van der Waals surface area contributed by atoms with Gasteiger partial charge in [0, 0.05) is 25.2 Å². The molecule has 1 rings (SSSR count). The Morgan fingerprint density at radius 2 is 2.00 bits per heavy atom.